The first-order valence-corrected chi connectivity index (χ1v) is 8.63. The van der Waals surface area contributed by atoms with Crippen LogP contribution in [0.3, 0.4) is 0 Å². The molecular weight excluding hydrogens is 264 g/mol. The van der Waals surface area contributed by atoms with Gasteiger partial charge in [0.15, 0.2) is 0 Å². The van der Waals surface area contributed by atoms with E-state index in [9.17, 15) is 4.79 Å². The summed E-state index contributed by atoms with van der Waals surface area (Å²) in [6, 6.07) is 0. The fourth-order valence-corrected chi connectivity index (χ4v) is 5.45. The van der Waals surface area contributed by atoms with Crippen molar-refractivity contribution in [1.29, 1.82) is 0 Å². The standard InChI is InChI=1S/C10H14OS4/c1-3-10(11)15-7-13-8(2)4-9-5-12-6-14-9/h3,5,8H,1,4,6-7H2,2H3. The number of thioether (sulfide) groups is 4. The van der Waals surface area contributed by atoms with Crippen molar-refractivity contribution in [2.24, 2.45) is 0 Å². The number of allylic oxidation sites excluding steroid dienone is 1. The van der Waals surface area contributed by atoms with Gasteiger partial charge in [-0.3, -0.25) is 4.79 Å². The molecule has 0 fully saturated rings. The van der Waals surface area contributed by atoms with Crippen LogP contribution in [0.2, 0.25) is 0 Å². The summed E-state index contributed by atoms with van der Waals surface area (Å²) in [5.74, 6) is 0. The number of carbonyl (C=O) groups excluding carboxylic acids is 1. The lowest BCUT2D eigenvalue weighted by molar-refractivity contribution is -0.107. The Labute approximate surface area is 108 Å². The topological polar surface area (TPSA) is 17.1 Å². The molecule has 0 saturated carbocycles. The van der Waals surface area contributed by atoms with Gasteiger partial charge in [-0.25, -0.2) is 0 Å². The molecule has 0 aromatic rings. The molecule has 0 N–H and O–H groups in total. The molecule has 0 bridgehead atoms. The van der Waals surface area contributed by atoms with Gasteiger partial charge in [0.2, 0.25) is 5.12 Å². The van der Waals surface area contributed by atoms with Crippen LogP contribution in [0, 0.1) is 0 Å². The number of hydrogen-bond donors (Lipinski definition) is 0. The molecule has 0 spiro atoms. The summed E-state index contributed by atoms with van der Waals surface area (Å²) in [7, 11) is 0. The van der Waals surface area contributed by atoms with Gasteiger partial charge in [-0.2, -0.15) is 0 Å². The third-order valence-corrected chi connectivity index (χ3v) is 6.21. The third-order valence-electron chi connectivity index (χ3n) is 1.74. The lowest BCUT2D eigenvalue weighted by atomic mass is 10.3. The fourth-order valence-electron chi connectivity index (χ4n) is 0.987. The predicted molar refractivity (Wildman–Crippen MR) is 77.5 cm³/mol. The van der Waals surface area contributed by atoms with Gasteiger partial charge in [-0.15, -0.1) is 35.3 Å². The summed E-state index contributed by atoms with van der Waals surface area (Å²) in [6.07, 6.45) is 2.51. The second-order valence-electron chi connectivity index (χ2n) is 2.98. The van der Waals surface area contributed by atoms with Crippen molar-refractivity contribution in [1.82, 2.24) is 0 Å². The first-order valence-electron chi connectivity index (χ1n) is 4.56. The van der Waals surface area contributed by atoms with Crippen molar-refractivity contribution in [3.8, 4) is 0 Å². The van der Waals surface area contributed by atoms with E-state index < -0.39 is 0 Å². The van der Waals surface area contributed by atoms with Crippen molar-refractivity contribution in [2.45, 2.75) is 18.6 Å². The van der Waals surface area contributed by atoms with Gasteiger partial charge in [0.1, 0.15) is 0 Å². The minimum Gasteiger partial charge on any atom is -0.282 e. The van der Waals surface area contributed by atoms with Gasteiger partial charge in [-0.1, -0.05) is 25.3 Å². The van der Waals surface area contributed by atoms with Crippen LogP contribution in [0.1, 0.15) is 13.3 Å². The average Bonchev–Trinajstić information content (AvgIpc) is 2.70. The van der Waals surface area contributed by atoms with Crippen LogP contribution in [0.15, 0.2) is 23.0 Å². The zero-order valence-electron chi connectivity index (χ0n) is 8.60. The summed E-state index contributed by atoms with van der Waals surface area (Å²) in [4.78, 5) is 12.4. The van der Waals surface area contributed by atoms with Gasteiger partial charge < -0.3 is 0 Å². The molecule has 1 rings (SSSR count). The fraction of sp³-hybridized carbons (Fsp3) is 0.500. The number of hydrogen-bond acceptors (Lipinski definition) is 5. The lowest BCUT2D eigenvalue weighted by Gasteiger charge is -2.09. The maximum atomic E-state index is 11.0. The monoisotopic (exact) mass is 278 g/mol. The van der Waals surface area contributed by atoms with E-state index in [1.165, 1.54) is 22.7 Å². The molecule has 1 aliphatic heterocycles. The summed E-state index contributed by atoms with van der Waals surface area (Å²) in [5, 5.41) is 4.91. The Morgan fingerprint density at radius 3 is 3.20 bits per heavy atom. The maximum Gasteiger partial charge on any atom is 0.212 e. The minimum absolute atomic E-state index is 0.0692. The Kier molecular flexibility index (Phi) is 7.05. The molecule has 84 valence electrons. The molecule has 0 aromatic heterocycles. The summed E-state index contributed by atoms with van der Waals surface area (Å²) < 4.78 is 0. The first kappa shape index (κ1) is 13.6. The van der Waals surface area contributed by atoms with E-state index in [2.05, 4.69) is 18.9 Å². The summed E-state index contributed by atoms with van der Waals surface area (Å²) in [5.41, 5.74) is 0. The van der Waals surface area contributed by atoms with Crippen LogP contribution in [0.4, 0.5) is 0 Å². The Bertz CT molecular complexity index is 262. The molecule has 1 nitrogen and oxygen atoms in total. The zero-order chi connectivity index (χ0) is 11.1. The molecule has 0 aromatic carbocycles. The van der Waals surface area contributed by atoms with Crippen molar-refractivity contribution >= 4 is 52.2 Å². The predicted octanol–water partition coefficient (Wildman–Crippen LogP) is 4.18. The van der Waals surface area contributed by atoms with Crippen LogP contribution < -0.4 is 0 Å². The van der Waals surface area contributed by atoms with E-state index in [0.29, 0.717) is 5.25 Å². The molecule has 1 atom stereocenters. The highest BCUT2D eigenvalue weighted by molar-refractivity contribution is 8.24. The molecule has 0 saturated heterocycles. The Morgan fingerprint density at radius 2 is 2.60 bits per heavy atom. The van der Waals surface area contributed by atoms with Gasteiger partial charge in [0.05, 0.1) is 0 Å². The van der Waals surface area contributed by atoms with Crippen LogP contribution in [-0.2, 0) is 4.79 Å². The first-order chi connectivity index (χ1) is 7.22. The van der Waals surface area contributed by atoms with Crippen LogP contribution >= 0.6 is 47.0 Å². The van der Waals surface area contributed by atoms with Gasteiger partial charge in [0.25, 0.3) is 0 Å². The number of carbonyl (C=O) groups is 1. The van der Waals surface area contributed by atoms with Gasteiger partial charge >= 0.3 is 0 Å². The average molecular weight is 278 g/mol. The summed E-state index contributed by atoms with van der Waals surface area (Å²) in [6.45, 7) is 5.66. The summed E-state index contributed by atoms with van der Waals surface area (Å²) >= 11 is 6.99. The molecule has 5 heteroatoms. The molecule has 1 aliphatic rings. The van der Waals surface area contributed by atoms with E-state index >= 15 is 0 Å². The second-order valence-corrected chi connectivity index (χ2v) is 8.08. The van der Waals surface area contributed by atoms with E-state index in [0.717, 1.165) is 16.6 Å². The van der Waals surface area contributed by atoms with Crippen molar-refractivity contribution in [2.75, 3.05) is 10.2 Å². The highest BCUT2D eigenvalue weighted by Gasteiger charge is 2.11. The SMILES string of the molecule is C=CC(=O)SCSC(C)CC1=CSCS1. The lowest BCUT2D eigenvalue weighted by Crippen LogP contribution is -1.97. The Balaban J connectivity index is 2.10. The highest BCUT2D eigenvalue weighted by Crippen LogP contribution is 2.37. The van der Waals surface area contributed by atoms with E-state index in [4.69, 9.17) is 0 Å². The van der Waals surface area contributed by atoms with E-state index in [-0.39, 0.29) is 5.12 Å². The normalized spacial score (nSPS) is 17.3. The maximum absolute atomic E-state index is 11.0. The molecule has 0 radical (unpaired) electrons. The van der Waals surface area contributed by atoms with Crippen molar-refractivity contribution < 1.29 is 4.79 Å². The van der Waals surface area contributed by atoms with E-state index in [1.54, 1.807) is 0 Å². The number of rotatable bonds is 6. The zero-order valence-corrected chi connectivity index (χ0v) is 11.9. The van der Waals surface area contributed by atoms with Crippen LogP contribution in [-0.4, -0.2) is 20.5 Å². The Morgan fingerprint density at radius 1 is 1.80 bits per heavy atom. The smallest absolute Gasteiger partial charge is 0.212 e. The molecule has 0 amide bonds. The van der Waals surface area contributed by atoms with E-state index in [1.807, 2.05) is 35.3 Å². The Hall–Kier alpha value is 0.550. The molecule has 1 unspecified atom stereocenters. The molecular formula is C10H14OS4. The third kappa shape index (κ3) is 6.00. The molecule has 15 heavy (non-hydrogen) atoms. The second kappa shape index (κ2) is 7.76. The minimum atomic E-state index is 0.0692. The molecule has 1 heterocycles. The van der Waals surface area contributed by atoms with Crippen molar-refractivity contribution in [3.05, 3.63) is 23.0 Å². The quantitative estimate of drug-likeness (QED) is 0.534. The van der Waals surface area contributed by atoms with Gasteiger partial charge in [-0.05, 0) is 22.8 Å². The highest BCUT2D eigenvalue weighted by atomic mass is 32.2. The molecule has 0 aliphatic carbocycles. The largest absolute Gasteiger partial charge is 0.282 e. The van der Waals surface area contributed by atoms with Crippen LogP contribution in [0.25, 0.3) is 0 Å². The van der Waals surface area contributed by atoms with Gasteiger partial charge in [0, 0.05) is 15.4 Å². The van der Waals surface area contributed by atoms with Crippen LogP contribution in [0.5, 0.6) is 0 Å². The van der Waals surface area contributed by atoms with Crippen molar-refractivity contribution in [3.63, 3.8) is 0 Å².